The van der Waals surface area contributed by atoms with E-state index in [-0.39, 0.29) is 5.41 Å². The first-order valence-corrected chi connectivity index (χ1v) is 21.0. The lowest BCUT2D eigenvalue weighted by Gasteiger charge is -2.36. The van der Waals surface area contributed by atoms with Crippen LogP contribution in [0.15, 0.2) is 218 Å². The normalized spacial score (nSPS) is 15.7. The van der Waals surface area contributed by atoms with Crippen molar-refractivity contribution >= 4 is 34.1 Å². The summed E-state index contributed by atoms with van der Waals surface area (Å²) in [5, 5.41) is 0. The van der Waals surface area contributed by atoms with E-state index in [1.165, 1.54) is 78.1 Å². The second-order valence-electron chi connectivity index (χ2n) is 16.8. The molecule has 0 bridgehead atoms. The summed E-state index contributed by atoms with van der Waals surface area (Å²) in [6.07, 6.45) is 0. The van der Waals surface area contributed by atoms with Crippen molar-refractivity contribution in [2.24, 2.45) is 0 Å². The number of anilines is 6. The summed E-state index contributed by atoms with van der Waals surface area (Å²) in [5.74, 6) is 0. The molecule has 3 aliphatic rings. The Morgan fingerprint density at radius 3 is 1.37 bits per heavy atom. The predicted molar refractivity (Wildman–Crippen MR) is 250 cm³/mol. The van der Waals surface area contributed by atoms with Crippen LogP contribution < -0.4 is 9.80 Å². The molecule has 0 amide bonds. The van der Waals surface area contributed by atoms with Crippen molar-refractivity contribution in [3.63, 3.8) is 0 Å². The number of fused-ring (bicyclic) bond motifs is 13. The molecule has 1 spiro atoms. The molecule has 1 atom stereocenters. The van der Waals surface area contributed by atoms with Gasteiger partial charge in [-0.05, 0) is 116 Å². The molecule has 9 aromatic rings. The van der Waals surface area contributed by atoms with Crippen molar-refractivity contribution in [2.75, 3.05) is 9.80 Å². The molecule has 0 saturated heterocycles. The van der Waals surface area contributed by atoms with Crippen molar-refractivity contribution in [1.82, 2.24) is 0 Å². The van der Waals surface area contributed by atoms with Gasteiger partial charge in [0, 0.05) is 39.3 Å². The average molecular weight is 767 g/mol. The SMILES string of the molecule is CC1(C)c2ccccc2-c2ccc(N(c3ccccc3)c3cccc4c3-c3ccccc3C43c4ccccc4-c4cccc(N(c5ccccc5)c5ccccc5)c43)cc21. The van der Waals surface area contributed by atoms with E-state index < -0.39 is 5.41 Å². The van der Waals surface area contributed by atoms with Crippen LogP contribution in [0.1, 0.15) is 47.2 Å². The van der Waals surface area contributed by atoms with E-state index in [9.17, 15) is 0 Å². The predicted octanol–water partition coefficient (Wildman–Crippen LogP) is 15.3. The van der Waals surface area contributed by atoms with Crippen LogP contribution in [0.4, 0.5) is 34.1 Å². The Kier molecular flexibility index (Phi) is 7.52. The summed E-state index contributed by atoms with van der Waals surface area (Å²) in [6, 6.07) is 80.9. The van der Waals surface area contributed by atoms with Crippen LogP contribution in [0.5, 0.6) is 0 Å². The fourth-order valence-electron chi connectivity index (χ4n) is 11.0. The fraction of sp³-hybridized carbons (Fsp3) is 0.0690. The molecule has 9 aromatic carbocycles. The van der Waals surface area contributed by atoms with Gasteiger partial charge in [0.15, 0.2) is 0 Å². The van der Waals surface area contributed by atoms with Gasteiger partial charge in [-0.1, -0.05) is 172 Å². The number of benzene rings is 9. The Morgan fingerprint density at radius 2 is 0.733 bits per heavy atom. The summed E-state index contributed by atoms with van der Waals surface area (Å²) in [6.45, 7) is 4.74. The molecule has 2 heteroatoms. The Labute approximate surface area is 352 Å². The van der Waals surface area contributed by atoms with Gasteiger partial charge in [0.05, 0.1) is 16.8 Å². The van der Waals surface area contributed by atoms with Crippen molar-refractivity contribution in [2.45, 2.75) is 24.7 Å². The molecule has 0 aromatic heterocycles. The highest BCUT2D eigenvalue weighted by molar-refractivity contribution is 6.03. The summed E-state index contributed by atoms with van der Waals surface area (Å²) in [4.78, 5) is 4.96. The molecule has 0 radical (unpaired) electrons. The lowest BCUT2D eigenvalue weighted by atomic mass is 9.70. The van der Waals surface area contributed by atoms with Crippen molar-refractivity contribution < 1.29 is 0 Å². The highest BCUT2D eigenvalue weighted by atomic mass is 15.2. The third-order valence-electron chi connectivity index (χ3n) is 13.4. The van der Waals surface area contributed by atoms with Crippen LogP contribution in [0.3, 0.4) is 0 Å². The lowest BCUT2D eigenvalue weighted by Crippen LogP contribution is -2.28. The van der Waals surface area contributed by atoms with E-state index in [1.54, 1.807) is 0 Å². The summed E-state index contributed by atoms with van der Waals surface area (Å²) in [7, 11) is 0. The molecule has 2 nitrogen and oxygen atoms in total. The third-order valence-corrected chi connectivity index (χ3v) is 13.4. The third kappa shape index (κ3) is 4.70. The van der Waals surface area contributed by atoms with Gasteiger partial charge in [0.1, 0.15) is 0 Å². The number of hydrogen-bond donors (Lipinski definition) is 0. The Hall–Kier alpha value is -7.42. The van der Waals surface area contributed by atoms with Crippen LogP contribution in [-0.4, -0.2) is 0 Å². The van der Waals surface area contributed by atoms with Gasteiger partial charge in [-0.2, -0.15) is 0 Å². The molecule has 12 rings (SSSR count). The van der Waals surface area contributed by atoms with E-state index in [0.717, 1.165) is 22.7 Å². The maximum absolute atomic E-state index is 2.50. The molecule has 0 saturated carbocycles. The zero-order valence-electron chi connectivity index (χ0n) is 33.7. The summed E-state index contributed by atoms with van der Waals surface area (Å²) >= 11 is 0. The Balaban J connectivity index is 1.16. The van der Waals surface area contributed by atoms with Crippen LogP contribution in [0, 0.1) is 0 Å². The van der Waals surface area contributed by atoms with Gasteiger partial charge in [0.25, 0.3) is 0 Å². The second kappa shape index (κ2) is 13.0. The van der Waals surface area contributed by atoms with Gasteiger partial charge in [0.2, 0.25) is 0 Å². The van der Waals surface area contributed by atoms with E-state index in [4.69, 9.17) is 0 Å². The van der Waals surface area contributed by atoms with E-state index in [2.05, 4.69) is 242 Å². The van der Waals surface area contributed by atoms with Crippen molar-refractivity contribution in [3.05, 3.63) is 252 Å². The highest BCUT2D eigenvalue weighted by Crippen LogP contribution is 2.67. The second-order valence-corrected chi connectivity index (χ2v) is 16.8. The Bertz CT molecular complexity index is 3090. The van der Waals surface area contributed by atoms with Gasteiger partial charge in [-0.15, -0.1) is 0 Å². The van der Waals surface area contributed by atoms with Crippen molar-refractivity contribution in [1.29, 1.82) is 0 Å². The van der Waals surface area contributed by atoms with Crippen molar-refractivity contribution in [3.8, 4) is 33.4 Å². The molecular formula is C58H42N2. The van der Waals surface area contributed by atoms with Gasteiger partial charge in [-0.3, -0.25) is 0 Å². The summed E-state index contributed by atoms with van der Waals surface area (Å²) in [5.41, 5.74) is 21.9. The zero-order valence-corrected chi connectivity index (χ0v) is 33.7. The number of hydrogen-bond acceptors (Lipinski definition) is 2. The van der Waals surface area contributed by atoms with Crippen LogP contribution in [0.25, 0.3) is 33.4 Å². The van der Waals surface area contributed by atoms with Crippen LogP contribution in [-0.2, 0) is 10.8 Å². The zero-order chi connectivity index (χ0) is 40.0. The largest absolute Gasteiger partial charge is 0.310 e. The van der Waals surface area contributed by atoms with Crippen LogP contribution >= 0.6 is 0 Å². The molecule has 3 aliphatic carbocycles. The number of para-hydroxylation sites is 3. The highest BCUT2D eigenvalue weighted by Gasteiger charge is 2.54. The smallest absolute Gasteiger partial charge is 0.0746 e. The molecule has 0 aliphatic heterocycles. The maximum Gasteiger partial charge on any atom is 0.0746 e. The quantitative estimate of drug-likeness (QED) is 0.166. The van der Waals surface area contributed by atoms with E-state index in [0.29, 0.717) is 0 Å². The fourth-order valence-corrected chi connectivity index (χ4v) is 11.0. The van der Waals surface area contributed by atoms with Gasteiger partial charge in [-0.25, -0.2) is 0 Å². The first-order valence-electron chi connectivity index (χ1n) is 21.0. The topological polar surface area (TPSA) is 6.48 Å². The van der Waals surface area contributed by atoms with E-state index in [1.807, 2.05) is 0 Å². The molecule has 60 heavy (non-hydrogen) atoms. The molecule has 0 heterocycles. The molecular weight excluding hydrogens is 725 g/mol. The molecule has 284 valence electrons. The number of rotatable bonds is 6. The first kappa shape index (κ1) is 34.6. The molecule has 1 unspecified atom stereocenters. The average Bonchev–Trinajstić information content (AvgIpc) is 3.87. The molecule has 0 N–H and O–H groups in total. The Morgan fingerprint density at radius 1 is 0.300 bits per heavy atom. The monoisotopic (exact) mass is 766 g/mol. The maximum atomic E-state index is 2.50. The van der Waals surface area contributed by atoms with Gasteiger partial charge >= 0.3 is 0 Å². The minimum absolute atomic E-state index is 0.128. The minimum atomic E-state index is -0.587. The van der Waals surface area contributed by atoms with Gasteiger partial charge < -0.3 is 9.80 Å². The van der Waals surface area contributed by atoms with Crippen LogP contribution in [0.2, 0.25) is 0 Å². The lowest BCUT2D eigenvalue weighted by molar-refractivity contribution is 0.660. The molecule has 0 fully saturated rings. The first-order chi connectivity index (χ1) is 29.6. The standard InChI is InChI=1S/C58H42N2/c1-57(2)48-30-15-12-26-43(48)45-37-36-42(38-52(45)57)60(41-24-10-5-11-25-41)53-34-19-33-51-55(53)47-28-14-17-32-50(47)58(51)49-31-16-13-27-44(49)46-29-18-35-54(56(46)58)59(39-20-6-3-7-21-39)40-22-8-4-9-23-40/h3-38H,1-2H3. The minimum Gasteiger partial charge on any atom is -0.310 e. The summed E-state index contributed by atoms with van der Waals surface area (Å²) < 4.78 is 0. The number of nitrogens with zero attached hydrogens (tertiary/aromatic N) is 2. The van der Waals surface area contributed by atoms with E-state index >= 15 is 0 Å².